The molecule has 6 nitrogen and oxygen atoms in total. The Bertz CT molecular complexity index is 714. The first kappa shape index (κ1) is 18.7. The Balaban J connectivity index is 1.66. The van der Waals surface area contributed by atoms with Crippen LogP contribution >= 0.6 is 0 Å². The average Bonchev–Trinajstić information content (AvgIpc) is 2.65. The van der Waals surface area contributed by atoms with Crippen molar-refractivity contribution in [2.75, 3.05) is 26.2 Å². The minimum atomic E-state index is -0.151. The number of hydrogen-bond acceptors (Lipinski definition) is 3. The van der Waals surface area contributed by atoms with Gasteiger partial charge in [-0.25, -0.2) is 0 Å². The number of nitrogens with zero attached hydrogens (tertiary/aromatic N) is 3. The van der Waals surface area contributed by atoms with Crippen LogP contribution in [-0.2, 0) is 16.1 Å². The van der Waals surface area contributed by atoms with Gasteiger partial charge >= 0.3 is 0 Å². The van der Waals surface area contributed by atoms with Gasteiger partial charge in [-0.2, -0.15) is 0 Å². The maximum absolute atomic E-state index is 12.7. The molecule has 6 heteroatoms. The molecule has 2 saturated heterocycles. The maximum atomic E-state index is 12.7. The van der Waals surface area contributed by atoms with Gasteiger partial charge in [0.1, 0.15) is 6.54 Å². The van der Waals surface area contributed by atoms with Crippen LogP contribution in [0.15, 0.2) is 29.2 Å². The van der Waals surface area contributed by atoms with E-state index in [9.17, 15) is 14.4 Å². The van der Waals surface area contributed by atoms with E-state index >= 15 is 0 Å². The molecule has 142 valence electrons. The fraction of sp³-hybridized carbons (Fsp3) is 0.650. The third-order valence-electron chi connectivity index (χ3n) is 5.75. The molecule has 26 heavy (non-hydrogen) atoms. The molecule has 3 rings (SSSR count). The summed E-state index contributed by atoms with van der Waals surface area (Å²) >= 11 is 0. The highest BCUT2D eigenvalue weighted by Crippen LogP contribution is 2.39. The molecule has 2 amide bonds. The van der Waals surface area contributed by atoms with Gasteiger partial charge in [-0.05, 0) is 31.7 Å². The lowest BCUT2D eigenvalue weighted by molar-refractivity contribution is -0.143. The van der Waals surface area contributed by atoms with Crippen molar-refractivity contribution in [2.24, 2.45) is 5.41 Å². The van der Waals surface area contributed by atoms with Crippen LogP contribution in [-0.4, -0.2) is 52.4 Å². The van der Waals surface area contributed by atoms with Crippen molar-refractivity contribution >= 4 is 11.8 Å². The Morgan fingerprint density at radius 3 is 2.81 bits per heavy atom. The molecular formula is C20H29N3O3. The second kappa shape index (κ2) is 8.06. The standard InChI is InChI=1S/C20H29N3O3/c1-2-3-11-22-15-20(10-8-18(22)25)9-6-13-23(16-20)19(26)14-21-12-5-4-7-17(21)24/h4-5,7,12H,2-3,6,8-11,13-16H2,1H3/t20-/m0/s1. The zero-order chi connectivity index (χ0) is 18.6. The van der Waals surface area contributed by atoms with Gasteiger partial charge in [-0.3, -0.25) is 14.4 Å². The van der Waals surface area contributed by atoms with E-state index < -0.39 is 0 Å². The van der Waals surface area contributed by atoms with Crippen LogP contribution < -0.4 is 5.56 Å². The van der Waals surface area contributed by atoms with Crippen molar-refractivity contribution in [1.82, 2.24) is 14.4 Å². The van der Waals surface area contributed by atoms with Gasteiger partial charge < -0.3 is 14.4 Å². The van der Waals surface area contributed by atoms with Crippen molar-refractivity contribution in [3.63, 3.8) is 0 Å². The molecule has 1 aromatic rings. The number of unbranched alkanes of at least 4 members (excludes halogenated alkanes) is 1. The molecule has 2 aliphatic rings. The normalized spacial score (nSPS) is 23.5. The molecule has 0 N–H and O–H groups in total. The van der Waals surface area contributed by atoms with Crippen molar-refractivity contribution in [3.8, 4) is 0 Å². The molecule has 1 atom stereocenters. The van der Waals surface area contributed by atoms with Gasteiger partial charge in [-0.1, -0.05) is 19.4 Å². The van der Waals surface area contributed by atoms with Gasteiger partial charge in [0.15, 0.2) is 0 Å². The smallest absolute Gasteiger partial charge is 0.250 e. The van der Waals surface area contributed by atoms with Crippen molar-refractivity contribution in [2.45, 2.75) is 52.0 Å². The van der Waals surface area contributed by atoms with Crippen LogP contribution in [0.2, 0.25) is 0 Å². The minimum absolute atomic E-state index is 0.00520. The molecule has 1 aromatic heterocycles. The van der Waals surface area contributed by atoms with Gasteiger partial charge in [0.05, 0.1) is 0 Å². The number of carbonyl (C=O) groups is 2. The SMILES string of the molecule is CCCCN1C[C@]2(CCCN(C(=O)Cn3ccccc3=O)C2)CCC1=O. The molecule has 0 unspecified atom stereocenters. The van der Waals surface area contributed by atoms with Gasteiger partial charge in [-0.15, -0.1) is 0 Å². The van der Waals surface area contributed by atoms with Crippen LogP contribution in [0.25, 0.3) is 0 Å². The summed E-state index contributed by atoms with van der Waals surface area (Å²) in [4.78, 5) is 40.7. The van der Waals surface area contributed by atoms with Crippen LogP contribution in [0.5, 0.6) is 0 Å². The third kappa shape index (κ3) is 4.17. The zero-order valence-corrected chi connectivity index (χ0v) is 15.7. The third-order valence-corrected chi connectivity index (χ3v) is 5.75. The lowest BCUT2D eigenvalue weighted by Gasteiger charge is -2.48. The largest absolute Gasteiger partial charge is 0.342 e. The van der Waals surface area contributed by atoms with E-state index in [2.05, 4.69) is 6.92 Å². The number of pyridine rings is 1. The summed E-state index contributed by atoms with van der Waals surface area (Å²) < 4.78 is 1.46. The highest BCUT2D eigenvalue weighted by atomic mass is 16.2. The zero-order valence-electron chi connectivity index (χ0n) is 15.7. The van der Waals surface area contributed by atoms with Crippen molar-refractivity contribution < 1.29 is 9.59 Å². The van der Waals surface area contributed by atoms with Gasteiger partial charge in [0, 0.05) is 50.3 Å². The molecule has 1 spiro atoms. The Hall–Kier alpha value is -2.11. The van der Waals surface area contributed by atoms with E-state index in [1.165, 1.54) is 10.6 Å². The Morgan fingerprint density at radius 1 is 1.19 bits per heavy atom. The predicted molar refractivity (Wildman–Crippen MR) is 99.7 cm³/mol. The second-order valence-electron chi connectivity index (χ2n) is 7.75. The van der Waals surface area contributed by atoms with Crippen molar-refractivity contribution in [3.05, 3.63) is 34.7 Å². The summed E-state index contributed by atoms with van der Waals surface area (Å²) in [5.74, 6) is 0.248. The molecule has 0 aromatic carbocycles. The molecule has 2 aliphatic heterocycles. The number of rotatable bonds is 5. The first-order valence-corrected chi connectivity index (χ1v) is 9.74. The highest BCUT2D eigenvalue weighted by molar-refractivity contribution is 5.78. The summed E-state index contributed by atoms with van der Waals surface area (Å²) in [7, 11) is 0. The van der Waals surface area contributed by atoms with E-state index in [0.717, 1.165) is 51.7 Å². The minimum Gasteiger partial charge on any atom is -0.342 e. The fourth-order valence-corrected chi connectivity index (χ4v) is 4.25. The van der Waals surface area contributed by atoms with Crippen molar-refractivity contribution in [1.29, 1.82) is 0 Å². The van der Waals surface area contributed by atoms with Crippen LogP contribution in [0.1, 0.15) is 45.4 Å². The van der Waals surface area contributed by atoms with E-state index in [4.69, 9.17) is 0 Å². The first-order chi connectivity index (χ1) is 12.5. The molecule has 0 bridgehead atoms. The Kier molecular flexibility index (Phi) is 5.79. The number of piperidine rings is 2. The molecule has 0 radical (unpaired) electrons. The summed E-state index contributed by atoms with van der Waals surface area (Å²) in [5, 5.41) is 0. The molecule has 0 aliphatic carbocycles. The van der Waals surface area contributed by atoms with Gasteiger partial charge in [0.25, 0.3) is 5.56 Å². The lowest BCUT2D eigenvalue weighted by Crippen LogP contribution is -2.55. The first-order valence-electron chi connectivity index (χ1n) is 9.74. The predicted octanol–water partition coefficient (Wildman–Crippen LogP) is 1.88. The van der Waals surface area contributed by atoms with E-state index in [1.807, 2.05) is 9.80 Å². The molecule has 0 saturated carbocycles. The van der Waals surface area contributed by atoms with E-state index in [-0.39, 0.29) is 29.3 Å². The monoisotopic (exact) mass is 359 g/mol. The summed E-state index contributed by atoms with van der Waals surface area (Å²) in [5.41, 5.74) is -0.126. The summed E-state index contributed by atoms with van der Waals surface area (Å²) in [6.07, 6.45) is 7.25. The molecule has 2 fully saturated rings. The van der Waals surface area contributed by atoms with Crippen LogP contribution in [0, 0.1) is 5.41 Å². The molecular weight excluding hydrogens is 330 g/mol. The number of amides is 2. The quantitative estimate of drug-likeness (QED) is 0.806. The number of hydrogen-bond donors (Lipinski definition) is 0. The number of likely N-dealkylation sites (tertiary alicyclic amines) is 2. The Morgan fingerprint density at radius 2 is 2.04 bits per heavy atom. The van der Waals surface area contributed by atoms with Crippen LogP contribution in [0.3, 0.4) is 0 Å². The van der Waals surface area contributed by atoms with E-state index in [1.54, 1.807) is 18.3 Å². The second-order valence-corrected chi connectivity index (χ2v) is 7.75. The maximum Gasteiger partial charge on any atom is 0.250 e. The highest BCUT2D eigenvalue weighted by Gasteiger charge is 2.42. The summed E-state index contributed by atoms with van der Waals surface area (Å²) in [6, 6.07) is 4.93. The average molecular weight is 359 g/mol. The van der Waals surface area contributed by atoms with Crippen LogP contribution in [0.4, 0.5) is 0 Å². The fourth-order valence-electron chi connectivity index (χ4n) is 4.25. The lowest BCUT2D eigenvalue weighted by atomic mass is 9.73. The molecule has 3 heterocycles. The number of aromatic nitrogens is 1. The topological polar surface area (TPSA) is 62.6 Å². The Labute approximate surface area is 154 Å². The number of carbonyl (C=O) groups excluding carboxylic acids is 2. The van der Waals surface area contributed by atoms with Gasteiger partial charge in [0.2, 0.25) is 11.8 Å². The van der Waals surface area contributed by atoms with E-state index in [0.29, 0.717) is 13.0 Å². The summed E-state index contributed by atoms with van der Waals surface area (Å²) in [6.45, 7) is 5.25.